The van der Waals surface area contributed by atoms with E-state index in [-0.39, 0.29) is 0 Å². The second-order valence-corrected chi connectivity index (χ2v) is 5.94. The van der Waals surface area contributed by atoms with E-state index in [9.17, 15) is 4.79 Å². The monoisotopic (exact) mass is 252 g/mol. The number of nitrogens with zero attached hydrogens (tertiary/aromatic N) is 1. The minimum Gasteiger partial charge on any atom is -0.343 e. The molecule has 18 heavy (non-hydrogen) atoms. The van der Waals surface area contributed by atoms with Crippen molar-refractivity contribution < 1.29 is 4.79 Å². The minimum atomic E-state index is 0.361. The largest absolute Gasteiger partial charge is 0.343 e. The molecule has 1 saturated heterocycles. The minimum absolute atomic E-state index is 0.361. The van der Waals surface area contributed by atoms with Crippen LogP contribution in [0, 0.1) is 5.92 Å². The summed E-state index contributed by atoms with van der Waals surface area (Å²) in [6, 6.07) is 0.718. The van der Waals surface area contributed by atoms with Gasteiger partial charge in [0.15, 0.2) is 0 Å². The Balaban J connectivity index is 1.65. The van der Waals surface area contributed by atoms with Crippen molar-refractivity contribution in [1.29, 1.82) is 0 Å². The van der Waals surface area contributed by atoms with Crippen LogP contribution in [0.2, 0.25) is 0 Å². The van der Waals surface area contributed by atoms with Crippen molar-refractivity contribution in [1.82, 2.24) is 10.2 Å². The summed E-state index contributed by atoms with van der Waals surface area (Å²) in [4.78, 5) is 14.2. The maximum absolute atomic E-state index is 12.1. The zero-order valence-corrected chi connectivity index (χ0v) is 11.8. The first-order chi connectivity index (χ1) is 8.79. The quantitative estimate of drug-likeness (QED) is 0.788. The molecule has 1 unspecified atom stereocenters. The summed E-state index contributed by atoms with van der Waals surface area (Å²) >= 11 is 0. The third kappa shape index (κ3) is 4.60. The number of carbonyl (C=O) groups is 1. The maximum Gasteiger partial charge on any atom is 0.223 e. The van der Waals surface area contributed by atoms with Gasteiger partial charge in [-0.25, -0.2) is 0 Å². The summed E-state index contributed by atoms with van der Waals surface area (Å²) in [6.07, 6.45) is 9.65. The molecule has 3 heteroatoms. The summed E-state index contributed by atoms with van der Waals surface area (Å²) < 4.78 is 0. The van der Waals surface area contributed by atoms with Crippen LogP contribution in [0.1, 0.15) is 58.3 Å². The third-order valence-corrected chi connectivity index (χ3v) is 4.25. The van der Waals surface area contributed by atoms with Crippen LogP contribution < -0.4 is 5.32 Å². The first kappa shape index (κ1) is 13.9. The Morgan fingerprint density at radius 3 is 2.78 bits per heavy atom. The Labute approximate surface area is 111 Å². The fraction of sp³-hybridized carbons (Fsp3) is 0.933. The lowest BCUT2D eigenvalue weighted by Gasteiger charge is -2.20. The van der Waals surface area contributed by atoms with Crippen LogP contribution in [-0.2, 0) is 4.79 Å². The van der Waals surface area contributed by atoms with E-state index >= 15 is 0 Å². The van der Waals surface area contributed by atoms with E-state index in [4.69, 9.17) is 0 Å². The van der Waals surface area contributed by atoms with Crippen molar-refractivity contribution in [3.05, 3.63) is 0 Å². The lowest BCUT2D eigenvalue weighted by Crippen LogP contribution is -2.34. The van der Waals surface area contributed by atoms with Crippen LogP contribution in [-0.4, -0.2) is 36.5 Å². The number of rotatable bonds is 6. The van der Waals surface area contributed by atoms with Gasteiger partial charge >= 0.3 is 0 Å². The molecule has 1 aliphatic heterocycles. The highest BCUT2D eigenvalue weighted by atomic mass is 16.2. The molecule has 104 valence electrons. The van der Waals surface area contributed by atoms with Gasteiger partial charge in [-0.3, -0.25) is 4.79 Å². The molecule has 0 spiro atoms. The Bertz CT molecular complexity index is 263. The average Bonchev–Trinajstić information content (AvgIpc) is 3.16. The summed E-state index contributed by atoms with van der Waals surface area (Å²) in [5.74, 6) is 1.22. The van der Waals surface area contributed by atoms with Crippen LogP contribution in [0.4, 0.5) is 0 Å². The highest BCUT2D eigenvalue weighted by Crippen LogP contribution is 2.22. The van der Waals surface area contributed by atoms with Crippen molar-refractivity contribution in [2.24, 2.45) is 5.92 Å². The van der Waals surface area contributed by atoms with Crippen molar-refractivity contribution in [2.45, 2.75) is 64.3 Å². The van der Waals surface area contributed by atoms with Crippen LogP contribution >= 0.6 is 0 Å². The van der Waals surface area contributed by atoms with Gasteiger partial charge in [-0.1, -0.05) is 19.8 Å². The average molecular weight is 252 g/mol. The number of hydrogen-bond donors (Lipinski definition) is 1. The van der Waals surface area contributed by atoms with Crippen LogP contribution in [0.3, 0.4) is 0 Å². The molecule has 0 aromatic heterocycles. The molecule has 0 bridgehead atoms. The van der Waals surface area contributed by atoms with E-state index in [1.807, 2.05) is 0 Å². The molecule has 1 saturated carbocycles. The van der Waals surface area contributed by atoms with Gasteiger partial charge in [0.05, 0.1) is 0 Å². The molecule has 0 aromatic carbocycles. The second kappa shape index (κ2) is 7.13. The molecule has 1 heterocycles. The lowest BCUT2D eigenvalue weighted by atomic mass is 9.96. The van der Waals surface area contributed by atoms with Gasteiger partial charge < -0.3 is 10.2 Å². The molecule has 3 nitrogen and oxygen atoms in total. The van der Waals surface area contributed by atoms with Gasteiger partial charge in [0.1, 0.15) is 0 Å². The predicted octanol–water partition coefficient (Wildman–Crippen LogP) is 2.56. The van der Waals surface area contributed by atoms with E-state index in [2.05, 4.69) is 17.1 Å². The smallest absolute Gasteiger partial charge is 0.223 e. The number of nitrogens with one attached hydrogen (secondary N) is 1. The molecule has 2 rings (SSSR count). The van der Waals surface area contributed by atoms with E-state index in [0.717, 1.165) is 31.6 Å². The first-order valence-corrected chi connectivity index (χ1v) is 7.80. The second-order valence-electron chi connectivity index (χ2n) is 5.94. The van der Waals surface area contributed by atoms with Gasteiger partial charge in [-0.15, -0.1) is 0 Å². The molecule has 1 N–H and O–H groups in total. The summed E-state index contributed by atoms with van der Waals surface area (Å²) in [7, 11) is 0. The fourth-order valence-electron chi connectivity index (χ4n) is 2.94. The molecule has 1 aliphatic carbocycles. The Morgan fingerprint density at radius 2 is 2.06 bits per heavy atom. The molecule has 1 atom stereocenters. The summed E-state index contributed by atoms with van der Waals surface area (Å²) in [5, 5.41) is 3.42. The normalized spacial score (nSPS) is 24.9. The molecular weight excluding hydrogens is 224 g/mol. The number of hydrogen-bond acceptors (Lipinski definition) is 2. The number of amides is 1. The van der Waals surface area contributed by atoms with Crippen molar-refractivity contribution >= 4 is 5.91 Å². The molecular formula is C15H28N2O. The SMILES string of the molecule is CCCC1CCCN(C(=O)CCNC2CC2)CC1. The van der Waals surface area contributed by atoms with Crippen LogP contribution in [0.5, 0.6) is 0 Å². The lowest BCUT2D eigenvalue weighted by molar-refractivity contribution is -0.131. The van der Waals surface area contributed by atoms with Gasteiger partial charge in [0.25, 0.3) is 0 Å². The Hall–Kier alpha value is -0.570. The highest BCUT2D eigenvalue weighted by molar-refractivity contribution is 5.76. The topological polar surface area (TPSA) is 32.3 Å². The Kier molecular flexibility index (Phi) is 5.48. The Morgan fingerprint density at radius 1 is 1.22 bits per heavy atom. The predicted molar refractivity (Wildman–Crippen MR) is 74.5 cm³/mol. The van der Waals surface area contributed by atoms with Gasteiger partial charge in [-0.05, 0) is 38.0 Å². The van der Waals surface area contributed by atoms with E-state index in [1.165, 1.54) is 44.9 Å². The van der Waals surface area contributed by atoms with Gasteiger partial charge in [0.2, 0.25) is 5.91 Å². The summed E-state index contributed by atoms with van der Waals surface area (Å²) in [5.41, 5.74) is 0. The van der Waals surface area contributed by atoms with Gasteiger partial charge in [0, 0.05) is 32.1 Å². The van der Waals surface area contributed by atoms with Crippen molar-refractivity contribution in [3.63, 3.8) is 0 Å². The number of likely N-dealkylation sites (tertiary alicyclic amines) is 1. The molecule has 2 fully saturated rings. The van der Waals surface area contributed by atoms with E-state index in [0.29, 0.717) is 12.3 Å². The molecule has 0 aromatic rings. The standard InChI is InChI=1S/C15H28N2O/c1-2-4-13-5-3-11-17(12-9-13)15(18)8-10-16-14-6-7-14/h13-14,16H,2-12H2,1H3. The molecule has 2 aliphatic rings. The third-order valence-electron chi connectivity index (χ3n) is 4.25. The number of carbonyl (C=O) groups excluding carboxylic acids is 1. The van der Waals surface area contributed by atoms with E-state index < -0.39 is 0 Å². The maximum atomic E-state index is 12.1. The van der Waals surface area contributed by atoms with Crippen LogP contribution in [0.25, 0.3) is 0 Å². The summed E-state index contributed by atoms with van der Waals surface area (Å²) in [6.45, 7) is 5.12. The zero-order valence-electron chi connectivity index (χ0n) is 11.8. The first-order valence-electron chi connectivity index (χ1n) is 7.80. The fourth-order valence-corrected chi connectivity index (χ4v) is 2.94. The highest BCUT2D eigenvalue weighted by Gasteiger charge is 2.22. The molecule has 0 radical (unpaired) electrons. The van der Waals surface area contributed by atoms with Crippen molar-refractivity contribution in [3.8, 4) is 0 Å². The van der Waals surface area contributed by atoms with Gasteiger partial charge in [-0.2, -0.15) is 0 Å². The van der Waals surface area contributed by atoms with Crippen molar-refractivity contribution in [2.75, 3.05) is 19.6 Å². The van der Waals surface area contributed by atoms with E-state index in [1.54, 1.807) is 0 Å². The van der Waals surface area contributed by atoms with Crippen LogP contribution in [0.15, 0.2) is 0 Å². The zero-order chi connectivity index (χ0) is 12.8. The molecule has 1 amide bonds.